The van der Waals surface area contributed by atoms with Gasteiger partial charge in [0.15, 0.2) is 11.5 Å². The van der Waals surface area contributed by atoms with Gasteiger partial charge < -0.3 is 24.4 Å². The van der Waals surface area contributed by atoms with E-state index in [-0.39, 0.29) is 11.9 Å². The lowest BCUT2D eigenvalue weighted by atomic mass is 10.0. The number of carbonyl (C=O) groups is 1. The third kappa shape index (κ3) is 3.71. The number of rotatable bonds is 4. The number of piperazine rings is 1. The molecule has 0 saturated carbocycles. The lowest BCUT2D eigenvalue weighted by Gasteiger charge is -2.37. The molecule has 0 radical (unpaired) electrons. The van der Waals surface area contributed by atoms with E-state index in [4.69, 9.17) is 14.2 Å². The Balaban J connectivity index is 1.54. The maximum atomic E-state index is 13.1. The highest BCUT2D eigenvalue weighted by molar-refractivity contribution is 5.80. The monoisotopic (exact) mass is 368 g/mol. The van der Waals surface area contributed by atoms with E-state index in [1.807, 2.05) is 47.4 Å². The van der Waals surface area contributed by atoms with Gasteiger partial charge in [-0.2, -0.15) is 0 Å². The average molecular weight is 368 g/mol. The molecule has 6 nitrogen and oxygen atoms in total. The van der Waals surface area contributed by atoms with Gasteiger partial charge in [-0.1, -0.05) is 24.3 Å². The van der Waals surface area contributed by atoms with Crippen LogP contribution in [0.1, 0.15) is 17.2 Å². The number of amides is 1. The molecule has 0 bridgehead atoms. The maximum Gasteiger partial charge on any atom is 0.227 e. The Morgan fingerprint density at radius 3 is 2.85 bits per heavy atom. The van der Waals surface area contributed by atoms with Gasteiger partial charge in [0.05, 0.1) is 19.6 Å². The van der Waals surface area contributed by atoms with Gasteiger partial charge in [-0.3, -0.25) is 4.79 Å². The molecule has 1 unspecified atom stereocenters. The number of hydrogen-bond acceptors (Lipinski definition) is 5. The van der Waals surface area contributed by atoms with Crippen molar-refractivity contribution < 1.29 is 19.0 Å². The van der Waals surface area contributed by atoms with E-state index in [2.05, 4.69) is 5.32 Å². The highest BCUT2D eigenvalue weighted by Gasteiger charge is 2.29. The van der Waals surface area contributed by atoms with Crippen molar-refractivity contribution >= 4 is 5.91 Å². The molecule has 1 fully saturated rings. The fourth-order valence-electron chi connectivity index (χ4n) is 3.70. The number of nitrogens with zero attached hydrogens (tertiary/aromatic N) is 1. The van der Waals surface area contributed by atoms with Crippen LogP contribution in [-0.2, 0) is 11.2 Å². The van der Waals surface area contributed by atoms with Crippen molar-refractivity contribution in [3.05, 3.63) is 53.6 Å². The summed E-state index contributed by atoms with van der Waals surface area (Å²) in [5.74, 6) is 2.37. The zero-order chi connectivity index (χ0) is 18.6. The molecule has 2 aliphatic rings. The van der Waals surface area contributed by atoms with Gasteiger partial charge in [0.25, 0.3) is 0 Å². The molecule has 6 heteroatoms. The first-order chi connectivity index (χ1) is 13.3. The highest BCUT2D eigenvalue weighted by atomic mass is 16.6. The van der Waals surface area contributed by atoms with Crippen LogP contribution in [0, 0.1) is 0 Å². The van der Waals surface area contributed by atoms with Crippen LogP contribution >= 0.6 is 0 Å². The number of methoxy groups -OCH3 is 1. The molecule has 0 spiro atoms. The van der Waals surface area contributed by atoms with Gasteiger partial charge in [-0.15, -0.1) is 0 Å². The van der Waals surface area contributed by atoms with Gasteiger partial charge in [0.2, 0.25) is 5.91 Å². The second kappa shape index (κ2) is 7.88. The van der Waals surface area contributed by atoms with Crippen LogP contribution in [0.4, 0.5) is 0 Å². The van der Waals surface area contributed by atoms with Crippen molar-refractivity contribution in [2.45, 2.75) is 12.5 Å². The zero-order valence-electron chi connectivity index (χ0n) is 15.4. The number of benzene rings is 2. The highest BCUT2D eigenvalue weighted by Crippen LogP contribution is 2.33. The smallest absolute Gasteiger partial charge is 0.227 e. The minimum absolute atomic E-state index is 0.0420. The largest absolute Gasteiger partial charge is 0.496 e. The topological polar surface area (TPSA) is 60.0 Å². The van der Waals surface area contributed by atoms with E-state index >= 15 is 0 Å². The molecule has 2 aromatic rings. The van der Waals surface area contributed by atoms with Crippen LogP contribution in [0.25, 0.3) is 0 Å². The van der Waals surface area contributed by atoms with Crippen LogP contribution < -0.4 is 19.5 Å². The van der Waals surface area contributed by atoms with Crippen molar-refractivity contribution in [3.8, 4) is 17.2 Å². The van der Waals surface area contributed by atoms with Crippen LogP contribution in [0.15, 0.2) is 42.5 Å². The van der Waals surface area contributed by atoms with Crippen molar-refractivity contribution in [1.29, 1.82) is 0 Å². The Morgan fingerprint density at radius 1 is 1.19 bits per heavy atom. The first-order valence-corrected chi connectivity index (χ1v) is 9.28. The Bertz CT molecular complexity index is 824. The van der Waals surface area contributed by atoms with E-state index in [1.165, 1.54) is 0 Å². The lowest BCUT2D eigenvalue weighted by molar-refractivity contribution is -0.133. The van der Waals surface area contributed by atoms with Gasteiger partial charge in [0, 0.05) is 25.2 Å². The fourth-order valence-corrected chi connectivity index (χ4v) is 3.70. The SMILES string of the molecule is COc1ccccc1C1CNCCN1C(=O)Cc1ccc2c(c1)OCCO2. The number of para-hydroxylation sites is 1. The van der Waals surface area contributed by atoms with E-state index in [0.29, 0.717) is 38.5 Å². The van der Waals surface area contributed by atoms with Crippen LogP contribution in [-0.4, -0.2) is 50.8 Å². The van der Waals surface area contributed by atoms with Crippen LogP contribution in [0.2, 0.25) is 0 Å². The Kier molecular flexibility index (Phi) is 5.16. The quantitative estimate of drug-likeness (QED) is 0.896. The number of ether oxygens (including phenoxy) is 3. The minimum Gasteiger partial charge on any atom is -0.496 e. The summed E-state index contributed by atoms with van der Waals surface area (Å²) in [5, 5.41) is 3.39. The number of carbonyl (C=O) groups excluding carboxylic acids is 1. The number of fused-ring (bicyclic) bond motifs is 1. The van der Waals surface area contributed by atoms with Gasteiger partial charge >= 0.3 is 0 Å². The lowest BCUT2D eigenvalue weighted by Crippen LogP contribution is -2.49. The number of hydrogen-bond donors (Lipinski definition) is 1. The van der Waals surface area contributed by atoms with E-state index in [1.54, 1.807) is 7.11 Å². The van der Waals surface area contributed by atoms with Crippen molar-refractivity contribution in [2.24, 2.45) is 0 Å². The molecule has 142 valence electrons. The molecule has 1 amide bonds. The standard InChI is InChI=1S/C21H24N2O4/c1-25-18-5-3-2-4-16(18)17-14-22-8-9-23(17)21(24)13-15-6-7-19-20(12-15)27-11-10-26-19/h2-7,12,17,22H,8-11,13-14H2,1H3. The molecular weight excluding hydrogens is 344 g/mol. The average Bonchev–Trinajstić information content (AvgIpc) is 2.73. The summed E-state index contributed by atoms with van der Waals surface area (Å²) in [7, 11) is 1.66. The molecule has 1 saturated heterocycles. The molecule has 4 rings (SSSR count). The predicted molar refractivity (Wildman–Crippen MR) is 101 cm³/mol. The van der Waals surface area contributed by atoms with Crippen molar-refractivity contribution in [1.82, 2.24) is 10.2 Å². The Hall–Kier alpha value is -2.73. The Morgan fingerprint density at radius 2 is 2.00 bits per heavy atom. The summed E-state index contributed by atoms with van der Waals surface area (Å²) >= 11 is 0. The van der Waals surface area contributed by atoms with E-state index < -0.39 is 0 Å². The Labute approximate surface area is 159 Å². The molecule has 1 N–H and O–H groups in total. The summed E-state index contributed by atoms with van der Waals surface area (Å²) in [4.78, 5) is 15.1. The van der Waals surface area contributed by atoms with Crippen LogP contribution in [0.5, 0.6) is 17.2 Å². The molecule has 2 aromatic carbocycles. The molecule has 0 aliphatic carbocycles. The number of nitrogens with one attached hydrogen (secondary N) is 1. The third-order valence-corrected chi connectivity index (χ3v) is 5.02. The van der Waals surface area contributed by atoms with E-state index in [0.717, 1.165) is 29.2 Å². The molecule has 27 heavy (non-hydrogen) atoms. The summed E-state index contributed by atoms with van der Waals surface area (Å²) in [6.45, 7) is 3.28. The first kappa shape index (κ1) is 17.7. The van der Waals surface area contributed by atoms with Gasteiger partial charge in [0.1, 0.15) is 19.0 Å². The summed E-state index contributed by atoms with van der Waals surface area (Å²) in [6, 6.07) is 13.6. The van der Waals surface area contributed by atoms with Crippen LogP contribution in [0.3, 0.4) is 0 Å². The summed E-state index contributed by atoms with van der Waals surface area (Å²) in [6.07, 6.45) is 0.336. The third-order valence-electron chi connectivity index (χ3n) is 5.02. The van der Waals surface area contributed by atoms with E-state index in [9.17, 15) is 4.79 Å². The van der Waals surface area contributed by atoms with Crippen molar-refractivity contribution in [2.75, 3.05) is 40.0 Å². The second-order valence-corrected chi connectivity index (χ2v) is 6.70. The summed E-state index contributed by atoms with van der Waals surface area (Å²) in [5.41, 5.74) is 1.96. The maximum absolute atomic E-state index is 13.1. The predicted octanol–water partition coefficient (Wildman–Crippen LogP) is 2.18. The molecular formula is C21H24N2O4. The summed E-state index contributed by atoms with van der Waals surface area (Å²) < 4.78 is 16.7. The zero-order valence-corrected chi connectivity index (χ0v) is 15.4. The van der Waals surface area contributed by atoms with Gasteiger partial charge in [-0.05, 0) is 23.8 Å². The molecule has 0 aromatic heterocycles. The molecule has 1 atom stereocenters. The molecule has 2 heterocycles. The van der Waals surface area contributed by atoms with Gasteiger partial charge in [-0.25, -0.2) is 0 Å². The van der Waals surface area contributed by atoms with Crippen molar-refractivity contribution in [3.63, 3.8) is 0 Å². The second-order valence-electron chi connectivity index (χ2n) is 6.70. The minimum atomic E-state index is -0.0420. The first-order valence-electron chi connectivity index (χ1n) is 9.28. The molecule has 2 aliphatic heterocycles. The normalized spacial score (nSPS) is 18.9. The fraction of sp³-hybridized carbons (Fsp3) is 0.381.